The summed E-state index contributed by atoms with van der Waals surface area (Å²) in [7, 11) is -3.28. The highest BCUT2D eigenvalue weighted by molar-refractivity contribution is 7.92. The van der Waals surface area contributed by atoms with Gasteiger partial charge in [-0.15, -0.1) is 0 Å². The number of benzene rings is 2. The van der Waals surface area contributed by atoms with Gasteiger partial charge in [0.2, 0.25) is 10.0 Å². The molecule has 0 amide bonds. The van der Waals surface area contributed by atoms with Crippen molar-refractivity contribution in [2.45, 2.75) is 19.8 Å². The number of unbranched alkanes of at least 4 members (excludes halogenated alkanes) is 1. The second-order valence-electron chi connectivity index (χ2n) is 5.86. The van der Waals surface area contributed by atoms with E-state index >= 15 is 0 Å². The molecule has 2 aromatic carbocycles. The van der Waals surface area contributed by atoms with Gasteiger partial charge in [0.15, 0.2) is 0 Å². The number of nitrogens with one attached hydrogen (secondary N) is 2. The van der Waals surface area contributed by atoms with Crippen LogP contribution in [0.4, 0.5) is 17.1 Å². The molecule has 0 aliphatic carbocycles. The van der Waals surface area contributed by atoms with E-state index in [1.165, 1.54) is 0 Å². The van der Waals surface area contributed by atoms with Gasteiger partial charge in [-0.25, -0.2) is 8.42 Å². The molecule has 3 rings (SSSR count). The van der Waals surface area contributed by atoms with Crippen molar-refractivity contribution < 1.29 is 8.42 Å². The van der Waals surface area contributed by atoms with Crippen LogP contribution in [0, 0.1) is 0 Å². The van der Waals surface area contributed by atoms with Crippen molar-refractivity contribution in [2.24, 2.45) is 0 Å². The van der Waals surface area contributed by atoms with E-state index in [0.29, 0.717) is 12.1 Å². The van der Waals surface area contributed by atoms with Gasteiger partial charge in [0.05, 0.1) is 17.0 Å². The van der Waals surface area contributed by atoms with Crippen LogP contribution < -0.4 is 10.0 Å². The third-order valence-electron chi connectivity index (χ3n) is 3.84. The molecule has 0 bridgehead atoms. The highest BCUT2D eigenvalue weighted by atomic mass is 32.2. The number of nitrogens with zero attached hydrogens (tertiary/aromatic N) is 1. The highest BCUT2D eigenvalue weighted by Crippen LogP contribution is 2.25. The van der Waals surface area contributed by atoms with E-state index in [-0.39, 0.29) is 5.75 Å². The van der Waals surface area contributed by atoms with Crippen molar-refractivity contribution in [2.75, 3.05) is 15.8 Å². The molecule has 0 spiro atoms. The van der Waals surface area contributed by atoms with Crippen LogP contribution in [-0.4, -0.2) is 19.2 Å². The number of hydrogen-bond donors (Lipinski definition) is 2. The van der Waals surface area contributed by atoms with Crippen molar-refractivity contribution in [1.29, 1.82) is 0 Å². The van der Waals surface area contributed by atoms with Crippen molar-refractivity contribution >= 4 is 38.0 Å². The topological polar surface area (TPSA) is 71.1 Å². The van der Waals surface area contributed by atoms with Gasteiger partial charge in [0, 0.05) is 23.0 Å². The molecule has 3 aromatic rings. The third kappa shape index (κ3) is 4.48. The fourth-order valence-corrected chi connectivity index (χ4v) is 3.81. The van der Waals surface area contributed by atoms with Crippen molar-refractivity contribution in [1.82, 2.24) is 4.98 Å². The first-order chi connectivity index (χ1) is 12.1. The van der Waals surface area contributed by atoms with Crippen LogP contribution in [0.5, 0.6) is 0 Å². The number of fused-ring (bicyclic) bond motifs is 1. The number of hydrogen-bond acceptors (Lipinski definition) is 4. The van der Waals surface area contributed by atoms with Crippen LogP contribution in [0.15, 0.2) is 60.8 Å². The van der Waals surface area contributed by atoms with Crippen molar-refractivity contribution in [3.05, 3.63) is 60.8 Å². The average molecular weight is 355 g/mol. The zero-order valence-corrected chi connectivity index (χ0v) is 14.9. The van der Waals surface area contributed by atoms with Crippen LogP contribution in [0.3, 0.4) is 0 Å². The molecular formula is C19H21N3O2S. The Morgan fingerprint density at radius 2 is 1.68 bits per heavy atom. The van der Waals surface area contributed by atoms with E-state index in [4.69, 9.17) is 0 Å². The molecule has 0 fully saturated rings. The fourth-order valence-electron chi connectivity index (χ4n) is 2.55. The summed E-state index contributed by atoms with van der Waals surface area (Å²) in [6.45, 7) is 1.97. The minimum absolute atomic E-state index is 0.144. The molecule has 1 aromatic heterocycles. The second-order valence-corrected chi connectivity index (χ2v) is 7.70. The monoisotopic (exact) mass is 355 g/mol. The summed E-state index contributed by atoms with van der Waals surface area (Å²) in [5.74, 6) is 0.144. The average Bonchev–Trinajstić information content (AvgIpc) is 2.62. The lowest BCUT2D eigenvalue weighted by Gasteiger charge is -2.11. The third-order valence-corrected chi connectivity index (χ3v) is 5.21. The summed E-state index contributed by atoms with van der Waals surface area (Å²) in [5, 5.41) is 4.39. The Balaban J connectivity index is 1.74. The van der Waals surface area contributed by atoms with Gasteiger partial charge in [-0.1, -0.05) is 31.5 Å². The minimum Gasteiger partial charge on any atom is -0.354 e. The van der Waals surface area contributed by atoms with Gasteiger partial charge in [-0.2, -0.15) is 0 Å². The molecule has 0 unspecified atom stereocenters. The first-order valence-electron chi connectivity index (χ1n) is 8.29. The maximum absolute atomic E-state index is 11.9. The normalized spacial score (nSPS) is 11.4. The Bertz CT molecular complexity index is 949. The van der Waals surface area contributed by atoms with Gasteiger partial charge >= 0.3 is 0 Å². The number of para-hydroxylation sites is 1. The van der Waals surface area contributed by atoms with E-state index in [2.05, 4.69) is 15.0 Å². The molecular weight excluding hydrogens is 334 g/mol. The fraction of sp³-hybridized carbons (Fsp3) is 0.211. The maximum Gasteiger partial charge on any atom is 0.232 e. The van der Waals surface area contributed by atoms with Crippen molar-refractivity contribution in [3.8, 4) is 0 Å². The zero-order chi connectivity index (χ0) is 17.7. The molecule has 0 saturated carbocycles. The summed E-state index contributed by atoms with van der Waals surface area (Å²) < 4.78 is 26.5. The molecule has 0 radical (unpaired) electrons. The van der Waals surface area contributed by atoms with Crippen LogP contribution in [0.2, 0.25) is 0 Å². The molecule has 2 N–H and O–H groups in total. The Hall–Kier alpha value is -2.60. The van der Waals surface area contributed by atoms with Crippen LogP contribution >= 0.6 is 0 Å². The molecule has 5 nitrogen and oxygen atoms in total. The van der Waals surface area contributed by atoms with Crippen molar-refractivity contribution in [3.63, 3.8) is 0 Å². The largest absolute Gasteiger partial charge is 0.354 e. The predicted octanol–water partition coefficient (Wildman–Crippen LogP) is 4.52. The summed E-state index contributed by atoms with van der Waals surface area (Å²) in [4.78, 5) is 4.42. The molecule has 0 atom stereocenters. The Morgan fingerprint density at radius 1 is 0.960 bits per heavy atom. The summed E-state index contributed by atoms with van der Waals surface area (Å²) in [5.41, 5.74) is 3.25. The maximum atomic E-state index is 11.9. The lowest BCUT2D eigenvalue weighted by atomic mass is 10.2. The van der Waals surface area contributed by atoms with E-state index in [9.17, 15) is 8.42 Å². The van der Waals surface area contributed by atoms with Gasteiger partial charge in [0.25, 0.3) is 0 Å². The quantitative estimate of drug-likeness (QED) is 0.654. The number of sulfonamides is 1. The van der Waals surface area contributed by atoms with Gasteiger partial charge in [-0.05, 0) is 42.8 Å². The van der Waals surface area contributed by atoms with E-state index < -0.39 is 10.0 Å². The van der Waals surface area contributed by atoms with E-state index in [0.717, 1.165) is 28.7 Å². The lowest BCUT2D eigenvalue weighted by molar-refractivity contribution is 0.598. The molecule has 1 heterocycles. The Kier molecular flexibility index (Phi) is 5.19. The summed E-state index contributed by atoms with van der Waals surface area (Å²) >= 11 is 0. The number of anilines is 3. The SMILES string of the molecule is CCCCS(=O)(=O)Nc1ccc(Nc2cccc3cccnc23)cc1. The number of rotatable bonds is 7. The molecule has 0 saturated heterocycles. The first kappa shape index (κ1) is 17.2. The zero-order valence-electron chi connectivity index (χ0n) is 14.1. The number of aromatic nitrogens is 1. The standard InChI is InChI=1S/C19H21N3O2S/c1-2-3-14-25(23,24)22-17-11-9-16(10-12-17)21-18-8-4-6-15-7-5-13-20-19(15)18/h4-13,21-22H,2-3,14H2,1H3. The predicted molar refractivity (Wildman–Crippen MR) is 104 cm³/mol. The first-order valence-corrected chi connectivity index (χ1v) is 9.94. The minimum atomic E-state index is -3.28. The van der Waals surface area contributed by atoms with E-state index in [1.54, 1.807) is 18.3 Å². The summed E-state index contributed by atoms with van der Waals surface area (Å²) in [6.07, 6.45) is 3.27. The van der Waals surface area contributed by atoms with E-state index in [1.807, 2.05) is 49.4 Å². The van der Waals surface area contributed by atoms with Gasteiger partial charge in [0.1, 0.15) is 0 Å². The smallest absolute Gasteiger partial charge is 0.232 e. The summed E-state index contributed by atoms with van der Waals surface area (Å²) in [6, 6.07) is 17.1. The molecule has 0 aliphatic rings. The molecule has 6 heteroatoms. The lowest BCUT2D eigenvalue weighted by Crippen LogP contribution is -2.16. The molecule has 25 heavy (non-hydrogen) atoms. The van der Waals surface area contributed by atoms with Crippen LogP contribution in [0.25, 0.3) is 10.9 Å². The Labute approximate surface area is 148 Å². The van der Waals surface area contributed by atoms with Crippen LogP contribution in [0.1, 0.15) is 19.8 Å². The van der Waals surface area contributed by atoms with Gasteiger partial charge in [-0.3, -0.25) is 9.71 Å². The van der Waals surface area contributed by atoms with Gasteiger partial charge < -0.3 is 5.32 Å². The van der Waals surface area contributed by atoms with Crippen LogP contribution in [-0.2, 0) is 10.0 Å². The number of pyridine rings is 1. The Morgan fingerprint density at radius 3 is 2.44 bits per heavy atom. The highest BCUT2D eigenvalue weighted by Gasteiger charge is 2.09. The molecule has 0 aliphatic heterocycles. The molecule has 130 valence electrons. The second kappa shape index (κ2) is 7.53.